The molecule has 1 aliphatic heterocycles. The van der Waals surface area contributed by atoms with E-state index in [-0.39, 0.29) is 39.1 Å². The highest BCUT2D eigenvalue weighted by molar-refractivity contribution is 5.85. The zero-order valence-corrected chi connectivity index (χ0v) is 22.8. The number of aliphatic hydroxyl groups excluding tert-OH is 2. The number of rotatable bonds is 2. The van der Waals surface area contributed by atoms with Crippen LogP contribution in [0.4, 0.5) is 0 Å². The van der Waals surface area contributed by atoms with Gasteiger partial charge >= 0.3 is 0 Å². The topological polar surface area (TPSA) is 87.0 Å². The summed E-state index contributed by atoms with van der Waals surface area (Å²) in [5, 5.41) is 33.3. The normalized spacial score (nSPS) is 57.1. The zero-order chi connectivity index (χ0) is 25.4. The molecule has 0 bridgehead atoms. The third-order valence-electron chi connectivity index (χ3n) is 13.5. The molecule has 6 aliphatic rings. The largest absolute Gasteiger partial charge is 0.393 e. The second kappa shape index (κ2) is 7.12. The summed E-state index contributed by atoms with van der Waals surface area (Å²) >= 11 is 0. The molecule has 0 amide bonds. The molecular weight excluding hydrogens is 440 g/mol. The van der Waals surface area contributed by atoms with Crippen LogP contribution >= 0.6 is 0 Å². The van der Waals surface area contributed by atoms with Crippen molar-refractivity contribution in [3.63, 3.8) is 0 Å². The van der Waals surface area contributed by atoms with Gasteiger partial charge in [-0.3, -0.25) is 4.79 Å². The number of Topliss-reactive ketones (excluding diaryl/α,β-unsaturated/α-hetero) is 1. The van der Waals surface area contributed by atoms with Crippen molar-refractivity contribution >= 4 is 5.78 Å². The van der Waals surface area contributed by atoms with Crippen LogP contribution in [0, 0.1) is 50.7 Å². The molecule has 0 unspecified atom stereocenters. The minimum Gasteiger partial charge on any atom is -0.393 e. The Morgan fingerprint density at radius 1 is 0.971 bits per heavy atom. The van der Waals surface area contributed by atoms with Crippen LogP contribution in [0.1, 0.15) is 99.3 Å². The number of hydrogen-bond donors (Lipinski definition) is 3. The Labute approximate surface area is 211 Å². The van der Waals surface area contributed by atoms with E-state index in [2.05, 4.69) is 27.7 Å². The lowest BCUT2D eigenvalue weighted by Gasteiger charge is -2.67. The third kappa shape index (κ3) is 2.83. The second-order valence-corrected chi connectivity index (χ2v) is 15.4. The van der Waals surface area contributed by atoms with E-state index in [1.54, 1.807) is 13.8 Å². The molecule has 0 aromatic carbocycles. The van der Waals surface area contributed by atoms with Gasteiger partial charge in [-0.2, -0.15) is 0 Å². The van der Waals surface area contributed by atoms with Gasteiger partial charge < -0.3 is 20.1 Å². The van der Waals surface area contributed by atoms with E-state index in [0.29, 0.717) is 43.0 Å². The molecule has 5 nitrogen and oxygen atoms in total. The summed E-state index contributed by atoms with van der Waals surface area (Å²) in [6, 6.07) is 0. The van der Waals surface area contributed by atoms with Gasteiger partial charge in [0, 0.05) is 17.3 Å². The molecule has 6 fully saturated rings. The lowest BCUT2D eigenvalue weighted by molar-refractivity contribution is -0.225. The molecule has 0 aromatic heterocycles. The van der Waals surface area contributed by atoms with Gasteiger partial charge in [-0.05, 0) is 105 Å². The molecule has 5 saturated carbocycles. The molecule has 0 spiro atoms. The highest BCUT2D eigenvalue weighted by Gasteiger charge is 2.85. The Morgan fingerprint density at radius 2 is 1.69 bits per heavy atom. The minimum absolute atomic E-state index is 0.106. The highest BCUT2D eigenvalue weighted by Crippen LogP contribution is 2.90. The van der Waals surface area contributed by atoms with Crippen LogP contribution in [0.3, 0.4) is 0 Å². The predicted molar refractivity (Wildman–Crippen MR) is 133 cm³/mol. The van der Waals surface area contributed by atoms with Crippen molar-refractivity contribution < 1.29 is 24.9 Å². The van der Waals surface area contributed by atoms with Gasteiger partial charge in [0.1, 0.15) is 11.9 Å². The number of ether oxygens (including phenoxy) is 1. The number of ketones is 1. The van der Waals surface area contributed by atoms with Crippen molar-refractivity contribution in [3.8, 4) is 0 Å². The van der Waals surface area contributed by atoms with E-state index < -0.39 is 17.8 Å². The minimum atomic E-state index is -1.04. The summed E-state index contributed by atoms with van der Waals surface area (Å²) in [6.07, 6.45) is 7.50. The molecule has 0 aromatic rings. The van der Waals surface area contributed by atoms with Crippen molar-refractivity contribution in [1.29, 1.82) is 0 Å². The summed E-state index contributed by atoms with van der Waals surface area (Å²) in [5.74, 6) is 1.94. The average Bonchev–Trinajstić information content (AvgIpc) is 3.33. The second-order valence-electron chi connectivity index (χ2n) is 15.4. The van der Waals surface area contributed by atoms with Gasteiger partial charge in [-0.1, -0.05) is 27.7 Å². The lowest BCUT2D eigenvalue weighted by atomic mass is 9.37. The van der Waals surface area contributed by atoms with Crippen LogP contribution in [-0.4, -0.2) is 51.6 Å². The van der Waals surface area contributed by atoms with Gasteiger partial charge in [0.05, 0.1) is 24.4 Å². The van der Waals surface area contributed by atoms with Gasteiger partial charge in [0.2, 0.25) is 0 Å². The number of aliphatic hydroxyl groups is 3. The maximum atomic E-state index is 12.9. The highest BCUT2D eigenvalue weighted by atomic mass is 16.5. The van der Waals surface area contributed by atoms with Gasteiger partial charge in [-0.25, -0.2) is 0 Å². The van der Waals surface area contributed by atoms with Crippen LogP contribution in [0.5, 0.6) is 0 Å². The van der Waals surface area contributed by atoms with Gasteiger partial charge in [0.15, 0.2) is 0 Å². The number of carbonyl (C=O) groups excluding carboxylic acids is 1. The van der Waals surface area contributed by atoms with Crippen LogP contribution in [-0.2, 0) is 9.53 Å². The molecular formula is C30H48O5. The third-order valence-corrected chi connectivity index (χ3v) is 13.5. The van der Waals surface area contributed by atoms with E-state index in [1.807, 2.05) is 0 Å². The van der Waals surface area contributed by atoms with Crippen molar-refractivity contribution in [3.05, 3.63) is 0 Å². The summed E-state index contributed by atoms with van der Waals surface area (Å²) in [4.78, 5) is 12.9. The smallest absolute Gasteiger partial charge is 0.138 e. The fourth-order valence-electron chi connectivity index (χ4n) is 11.9. The zero-order valence-electron chi connectivity index (χ0n) is 22.8. The molecule has 1 saturated heterocycles. The summed E-state index contributed by atoms with van der Waals surface area (Å²) in [6.45, 7) is 13.2. The molecule has 5 aliphatic carbocycles. The van der Waals surface area contributed by atoms with Crippen molar-refractivity contribution in [2.24, 2.45) is 50.7 Å². The summed E-state index contributed by atoms with van der Waals surface area (Å²) < 4.78 is 6.11. The molecule has 6 rings (SSSR count). The quantitative estimate of drug-likeness (QED) is 0.533. The van der Waals surface area contributed by atoms with Gasteiger partial charge in [-0.15, -0.1) is 0 Å². The molecule has 0 radical (unpaired) electrons. The molecule has 11 atom stereocenters. The molecule has 35 heavy (non-hydrogen) atoms. The van der Waals surface area contributed by atoms with Crippen LogP contribution in [0.2, 0.25) is 0 Å². The van der Waals surface area contributed by atoms with Crippen molar-refractivity contribution in [1.82, 2.24) is 0 Å². The Morgan fingerprint density at radius 3 is 2.34 bits per heavy atom. The van der Waals surface area contributed by atoms with E-state index in [4.69, 9.17) is 4.74 Å². The van der Waals surface area contributed by atoms with E-state index in [1.165, 1.54) is 19.3 Å². The fraction of sp³-hybridized carbons (Fsp3) is 0.967. The van der Waals surface area contributed by atoms with Crippen molar-refractivity contribution in [2.75, 3.05) is 6.61 Å². The Bertz CT molecular complexity index is 922. The van der Waals surface area contributed by atoms with Crippen molar-refractivity contribution in [2.45, 2.75) is 123 Å². The van der Waals surface area contributed by atoms with E-state index >= 15 is 0 Å². The maximum absolute atomic E-state index is 12.9. The molecule has 3 N–H and O–H groups in total. The molecule has 1 heterocycles. The van der Waals surface area contributed by atoms with Crippen LogP contribution < -0.4 is 0 Å². The van der Waals surface area contributed by atoms with Gasteiger partial charge in [0.25, 0.3) is 0 Å². The number of fused-ring (bicyclic) bond motifs is 3. The molecule has 5 heteroatoms. The number of carbonyl (C=O) groups is 1. The monoisotopic (exact) mass is 488 g/mol. The first-order valence-corrected chi connectivity index (χ1v) is 14.4. The molecule has 198 valence electrons. The first-order valence-electron chi connectivity index (χ1n) is 14.4. The van der Waals surface area contributed by atoms with Crippen LogP contribution in [0.25, 0.3) is 0 Å². The van der Waals surface area contributed by atoms with E-state index in [0.717, 1.165) is 25.7 Å². The van der Waals surface area contributed by atoms with E-state index in [9.17, 15) is 20.1 Å². The van der Waals surface area contributed by atoms with Crippen LogP contribution in [0.15, 0.2) is 0 Å². The average molecular weight is 489 g/mol. The lowest BCUT2D eigenvalue weighted by Crippen LogP contribution is -2.65. The Hall–Kier alpha value is -0.490. The maximum Gasteiger partial charge on any atom is 0.138 e. The number of hydrogen-bond acceptors (Lipinski definition) is 5. The standard InChI is InChI=1S/C30H48O5/c1-25(2)21-14-23(33)28(6)20(27(21,5)10-9-22(25)32)8-11-29-16-30(28,29)12-7-18(29)17-13-19(31)24(35-15-17)26(3,4)34/h17-21,23-24,31,33-34H,7-16H2,1-6H3/t17-,18+,19-,20-,21+,23-,24-,27-,28+,29-,30-/m1/s1. The summed E-state index contributed by atoms with van der Waals surface area (Å²) in [7, 11) is 0. The SMILES string of the molecule is CC(C)(O)[C@@H]1OC[C@H]([C@@H]2CC[C@]34C[C@]23CC[C@@H]2[C@@]3(C)CCC(=O)C(C)(C)[C@@H]3C[C@@H](O)[C@]24C)C[C@H]1O. The predicted octanol–water partition coefficient (Wildman–Crippen LogP) is 4.50. The Balaban J connectivity index is 1.30. The fourth-order valence-corrected chi connectivity index (χ4v) is 11.9. The first-order chi connectivity index (χ1) is 16.2. The summed E-state index contributed by atoms with van der Waals surface area (Å²) in [5.41, 5.74) is -0.943. The Kier molecular flexibility index (Phi) is 5.05. The first kappa shape index (κ1) is 24.8.